The molecule has 1 fully saturated rings. The molecule has 0 aromatic rings. The lowest BCUT2D eigenvalue weighted by molar-refractivity contribution is 0.198. The molecule has 2 atom stereocenters. The van der Waals surface area contributed by atoms with Crippen LogP contribution in [0.2, 0.25) is 0 Å². The number of sulfonamides is 1. The van der Waals surface area contributed by atoms with Gasteiger partial charge < -0.3 is 5.73 Å². The number of nitriles is 1. The molecule has 16 heavy (non-hydrogen) atoms. The number of nitrogens with two attached hydrogens (primary N) is 1. The highest BCUT2D eigenvalue weighted by Gasteiger charge is 2.34. The van der Waals surface area contributed by atoms with Gasteiger partial charge in [-0.3, -0.25) is 0 Å². The van der Waals surface area contributed by atoms with Crippen molar-refractivity contribution in [1.82, 2.24) is 4.31 Å². The van der Waals surface area contributed by atoms with Crippen LogP contribution in [0.5, 0.6) is 0 Å². The first-order valence-corrected chi connectivity index (χ1v) is 7.22. The predicted molar refractivity (Wildman–Crippen MR) is 62.0 cm³/mol. The van der Waals surface area contributed by atoms with Gasteiger partial charge in [-0.15, -0.1) is 0 Å². The van der Waals surface area contributed by atoms with E-state index in [2.05, 4.69) is 6.92 Å². The summed E-state index contributed by atoms with van der Waals surface area (Å²) in [6.07, 6.45) is 2.75. The fraction of sp³-hybridized carbons (Fsp3) is 0.900. The lowest BCUT2D eigenvalue weighted by Gasteiger charge is -2.37. The summed E-state index contributed by atoms with van der Waals surface area (Å²) in [7, 11) is -3.43. The minimum atomic E-state index is -3.43. The fourth-order valence-corrected chi connectivity index (χ4v) is 3.57. The van der Waals surface area contributed by atoms with E-state index in [4.69, 9.17) is 11.0 Å². The first kappa shape index (κ1) is 13.4. The molecule has 0 aromatic carbocycles. The Hall–Kier alpha value is -0.640. The molecule has 0 amide bonds. The van der Waals surface area contributed by atoms with E-state index >= 15 is 0 Å². The Balaban J connectivity index is 2.78. The SMILES string of the molecule is CCC1CCN(S(=O)(=O)CC#N)C(CN)C1. The Morgan fingerprint density at radius 3 is 2.75 bits per heavy atom. The molecule has 1 saturated heterocycles. The normalized spacial score (nSPS) is 27.6. The van der Waals surface area contributed by atoms with Crippen LogP contribution in [-0.4, -0.2) is 37.6 Å². The third-order valence-corrected chi connectivity index (χ3v) is 4.91. The third-order valence-electron chi connectivity index (χ3n) is 3.22. The summed E-state index contributed by atoms with van der Waals surface area (Å²) in [5.41, 5.74) is 5.61. The molecule has 2 unspecified atom stereocenters. The first-order chi connectivity index (χ1) is 7.55. The Bertz CT molecular complexity index is 361. The Morgan fingerprint density at radius 2 is 2.25 bits per heavy atom. The average molecular weight is 245 g/mol. The van der Waals surface area contributed by atoms with Crippen LogP contribution in [0, 0.1) is 17.2 Å². The van der Waals surface area contributed by atoms with Crippen LogP contribution in [0.25, 0.3) is 0 Å². The second kappa shape index (κ2) is 5.62. The van der Waals surface area contributed by atoms with Crippen LogP contribution in [0.1, 0.15) is 26.2 Å². The zero-order valence-corrected chi connectivity index (χ0v) is 10.4. The molecule has 0 saturated carbocycles. The van der Waals surface area contributed by atoms with Crippen LogP contribution < -0.4 is 5.73 Å². The van der Waals surface area contributed by atoms with Crippen molar-refractivity contribution in [3.63, 3.8) is 0 Å². The zero-order valence-electron chi connectivity index (χ0n) is 9.59. The molecule has 0 aromatic heterocycles. The van der Waals surface area contributed by atoms with Crippen LogP contribution in [0.3, 0.4) is 0 Å². The Labute approximate surface area is 97.3 Å². The monoisotopic (exact) mass is 245 g/mol. The summed E-state index contributed by atoms with van der Waals surface area (Å²) >= 11 is 0. The molecule has 0 bridgehead atoms. The number of piperidine rings is 1. The van der Waals surface area contributed by atoms with E-state index in [-0.39, 0.29) is 6.04 Å². The van der Waals surface area contributed by atoms with E-state index < -0.39 is 15.8 Å². The Morgan fingerprint density at radius 1 is 1.56 bits per heavy atom. The Kier molecular flexibility index (Phi) is 4.71. The standard InChI is InChI=1S/C10H19N3O2S/c1-2-9-3-5-13(10(7-9)8-12)16(14,15)6-4-11/h9-10H,2-3,5-8,12H2,1H3. The van der Waals surface area contributed by atoms with Crippen molar-refractivity contribution in [3.05, 3.63) is 0 Å². The minimum Gasteiger partial charge on any atom is -0.329 e. The number of hydrogen-bond acceptors (Lipinski definition) is 4. The molecular formula is C10H19N3O2S. The molecule has 92 valence electrons. The van der Waals surface area contributed by atoms with Gasteiger partial charge >= 0.3 is 0 Å². The lowest BCUT2D eigenvalue weighted by Crippen LogP contribution is -2.50. The van der Waals surface area contributed by atoms with Crippen molar-refractivity contribution >= 4 is 10.0 Å². The maximum Gasteiger partial charge on any atom is 0.227 e. The number of rotatable bonds is 4. The molecule has 1 aliphatic rings. The van der Waals surface area contributed by atoms with Gasteiger partial charge in [-0.2, -0.15) is 9.57 Å². The smallest absolute Gasteiger partial charge is 0.227 e. The fourth-order valence-electron chi connectivity index (χ4n) is 2.23. The van der Waals surface area contributed by atoms with E-state index in [1.807, 2.05) is 0 Å². The van der Waals surface area contributed by atoms with Gasteiger partial charge in [0.05, 0.1) is 6.07 Å². The molecule has 6 heteroatoms. The predicted octanol–water partition coefficient (Wildman–Crippen LogP) is 0.289. The molecule has 2 N–H and O–H groups in total. The van der Waals surface area contributed by atoms with Gasteiger partial charge in [0, 0.05) is 19.1 Å². The third kappa shape index (κ3) is 2.94. The van der Waals surface area contributed by atoms with Crippen LogP contribution >= 0.6 is 0 Å². The van der Waals surface area contributed by atoms with Gasteiger partial charge in [-0.25, -0.2) is 8.42 Å². The van der Waals surface area contributed by atoms with Crippen molar-refractivity contribution in [1.29, 1.82) is 5.26 Å². The quantitative estimate of drug-likeness (QED) is 0.771. The van der Waals surface area contributed by atoms with E-state index in [1.54, 1.807) is 6.07 Å². The van der Waals surface area contributed by atoms with Crippen molar-refractivity contribution in [2.75, 3.05) is 18.8 Å². The average Bonchev–Trinajstić information content (AvgIpc) is 2.28. The van der Waals surface area contributed by atoms with Gasteiger partial charge in [0.2, 0.25) is 10.0 Å². The zero-order chi connectivity index (χ0) is 12.2. The van der Waals surface area contributed by atoms with E-state index in [0.717, 1.165) is 19.3 Å². The molecule has 0 aliphatic carbocycles. The van der Waals surface area contributed by atoms with Crippen molar-refractivity contribution in [2.45, 2.75) is 32.2 Å². The molecule has 5 nitrogen and oxygen atoms in total. The summed E-state index contributed by atoms with van der Waals surface area (Å²) in [6.45, 7) is 2.95. The second-order valence-electron chi connectivity index (χ2n) is 4.21. The van der Waals surface area contributed by atoms with Crippen LogP contribution in [0.15, 0.2) is 0 Å². The summed E-state index contributed by atoms with van der Waals surface area (Å²) in [4.78, 5) is 0. The number of nitrogens with zero attached hydrogens (tertiary/aromatic N) is 2. The molecule has 1 rings (SSSR count). The molecule has 1 aliphatic heterocycles. The van der Waals surface area contributed by atoms with Crippen molar-refractivity contribution in [2.24, 2.45) is 11.7 Å². The van der Waals surface area contributed by atoms with Gasteiger partial charge in [0.25, 0.3) is 0 Å². The van der Waals surface area contributed by atoms with Gasteiger partial charge in [-0.05, 0) is 18.8 Å². The van der Waals surface area contributed by atoms with Gasteiger partial charge in [-0.1, -0.05) is 13.3 Å². The van der Waals surface area contributed by atoms with Gasteiger partial charge in [0.15, 0.2) is 5.75 Å². The summed E-state index contributed by atoms with van der Waals surface area (Å²) < 4.78 is 25.0. The lowest BCUT2D eigenvalue weighted by atomic mass is 9.90. The minimum absolute atomic E-state index is 0.128. The molecular weight excluding hydrogens is 226 g/mol. The van der Waals surface area contributed by atoms with Crippen molar-refractivity contribution in [3.8, 4) is 6.07 Å². The van der Waals surface area contributed by atoms with E-state index in [1.165, 1.54) is 4.31 Å². The second-order valence-corrected chi connectivity index (χ2v) is 6.13. The van der Waals surface area contributed by atoms with Crippen LogP contribution in [-0.2, 0) is 10.0 Å². The van der Waals surface area contributed by atoms with Crippen LogP contribution in [0.4, 0.5) is 0 Å². The molecule has 0 spiro atoms. The summed E-state index contributed by atoms with van der Waals surface area (Å²) in [5, 5.41) is 8.50. The molecule has 1 heterocycles. The maximum atomic E-state index is 11.8. The largest absolute Gasteiger partial charge is 0.329 e. The molecule has 0 radical (unpaired) electrons. The highest BCUT2D eigenvalue weighted by molar-refractivity contribution is 7.89. The van der Waals surface area contributed by atoms with Gasteiger partial charge in [0.1, 0.15) is 0 Å². The highest BCUT2D eigenvalue weighted by Crippen LogP contribution is 2.26. The van der Waals surface area contributed by atoms with Crippen molar-refractivity contribution < 1.29 is 8.42 Å². The summed E-state index contributed by atoms with van der Waals surface area (Å²) in [5.74, 6) is 0.113. The van der Waals surface area contributed by atoms with E-state index in [9.17, 15) is 8.42 Å². The van der Waals surface area contributed by atoms with E-state index in [0.29, 0.717) is 19.0 Å². The highest BCUT2D eigenvalue weighted by atomic mass is 32.2. The maximum absolute atomic E-state index is 11.8. The first-order valence-electron chi connectivity index (χ1n) is 5.61. The number of hydrogen-bond donors (Lipinski definition) is 1. The summed E-state index contributed by atoms with van der Waals surface area (Å²) in [6, 6.07) is 1.58. The topological polar surface area (TPSA) is 87.2 Å².